The topological polar surface area (TPSA) is 94.1 Å². The van der Waals surface area contributed by atoms with Crippen molar-refractivity contribution in [1.82, 2.24) is 19.7 Å². The molecule has 0 atom stereocenters. The van der Waals surface area contributed by atoms with Crippen molar-refractivity contribution in [3.63, 3.8) is 0 Å². The molecule has 0 aliphatic heterocycles. The lowest BCUT2D eigenvalue weighted by Gasteiger charge is -2.12. The predicted molar refractivity (Wildman–Crippen MR) is 117 cm³/mol. The lowest BCUT2D eigenvalue weighted by atomic mass is 10.0. The second-order valence-corrected chi connectivity index (χ2v) is 6.98. The molecule has 1 aromatic heterocycles. The van der Waals surface area contributed by atoms with Crippen molar-refractivity contribution in [1.29, 1.82) is 0 Å². The van der Waals surface area contributed by atoms with E-state index in [1.54, 1.807) is 50.5 Å². The minimum atomic E-state index is -0.374. The Morgan fingerprint density at radius 2 is 1.79 bits per heavy atom. The second kappa shape index (κ2) is 9.49. The normalized spacial score (nSPS) is 10.4. The first-order valence-electron chi connectivity index (χ1n) is 8.30. The first-order chi connectivity index (χ1) is 13.3. The molecule has 0 spiro atoms. The summed E-state index contributed by atoms with van der Waals surface area (Å²) in [4.78, 5) is 31.0. The summed E-state index contributed by atoms with van der Waals surface area (Å²) in [6, 6.07) is 11.5. The molecular weight excluding hydrogens is 481 g/mol. The molecular formula is C19H18BrCl2N5O2. The van der Waals surface area contributed by atoms with Crippen molar-refractivity contribution in [2.24, 2.45) is 5.73 Å². The Hall–Kier alpha value is -2.26. The first-order valence-corrected chi connectivity index (χ1v) is 9.06. The first kappa shape index (κ1) is 23.0. The SMILES string of the molecule is Br.CN(C)C(=O)c1nc(CN)n(-c2ccc(Cl)cc2C(=O)c2ccccc2Cl)n1. The van der Waals surface area contributed by atoms with Gasteiger partial charge >= 0.3 is 0 Å². The number of halogens is 3. The molecule has 0 aliphatic carbocycles. The molecule has 1 heterocycles. The zero-order valence-electron chi connectivity index (χ0n) is 15.6. The summed E-state index contributed by atoms with van der Waals surface area (Å²) in [7, 11) is 3.19. The third-order valence-corrected chi connectivity index (χ3v) is 4.57. The van der Waals surface area contributed by atoms with Gasteiger partial charge in [-0.1, -0.05) is 35.3 Å². The molecule has 0 radical (unpaired) electrons. The fourth-order valence-corrected chi connectivity index (χ4v) is 3.02. The van der Waals surface area contributed by atoms with Gasteiger partial charge < -0.3 is 10.6 Å². The Morgan fingerprint density at radius 1 is 1.10 bits per heavy atom. The largest absolute Gasteiger partial charge is 0.342 e. The monoisotopic (exact) mass is 497 g/mol. The van der Waals surface area contributed by atoms with Crippen LogP contribution in [-0.4, -0.2) is 45.5 Å². The highest BCUT2D eigenvalue weighted by Crippen LogP contribution is 2.26. The van der Waals surface area contributed by atoms with Gasteiger partial charge in [0, 0.05) is 30.2 Å². The molecule has 2 N–H and O–H groups in total. The lowest BCUT2D eigenvalue weighted by Crippen LogP contribution is -2.23. The predicted octanol–water partition coefficient (Wildman–Crippen LogP) is 3.54. The van der Waals surface area contributed by atoms with Crippen LogP contribution in [0, 0.1) is 0 Å². The summed E-state index contributed by atoms with van der Waals surface area (Å²) in [6.45, 7) is 0.0239. The van der Waals surface area contributed by atoms with E-state index in [2.05, 4.69) is 10.1 Å². The van der Waals surface area contributed by atoms with Gasteiger partial charge in [-0.15, -0.1) is 22.1 Å². The molecule has 10 heteroatoms. The van der Waals surface area contributed by atoms with E-state index in [9.17, 15) is 9.59 Å². The highest BCUT2D eigenvalue weighted by molar-refractivity contribution is 8.93. The van der Waals surface area contributed by atoms with Crippen LogP contribution in [0.2, 0.25) is 10.0 Å². The van der Waals surface area contributed by atoms with Crippen LogP contribution in [0.4, 0.5) is 0 Å². The van der Waals surface area contributed by atoms with E-state index in [0.29, 0.717) is 27.1 Å². The molecule has 29 heavy (non-hydrogen) atoms. The van der Waals surface area contributed by atoms with E-state index >= 15 is 0 Å². The van der Waals surface area contributed by atoms with E-state index in [1.807, 2.05) is 0 Å². The van der Waals surface area contributed by atoms with E-state index < -0.39 is 0 Å². The zero-order valence-corrected chi connectivity index (χ0v) is 18.8. The van der Waals surface area contributed by atoms with Crippen molar-refractivity contribution in [2.45, 2.75) is 6.54 Å². The number of hydrogen-bond donors (Lipinski definition) is 1. The van der Waals surface area contributed by atoms with Crippen molar-refractivity contribution in [3.8, 4) is 5.69 Å². The van der Waals surface area contributed by atoms with Crippen molar-refractivity contribution < 1.29 is 9.59 Å². The fraction of sp³-hybridized carbons (Fsp3) is 0.158. The molecule has 3 aromatic rings. The minimum absolute atomic E-state index is 0. The molecule has 3 rings (SSSR count). The number of rotatable bonds is 5. The number of carbonyl (C=O) groups is 2. The standard InChI is InChI=1S/C19H17Cl2N5O2.BrH/c1-25(2)19(28)18-23-16(10-22)26(24-18)15-8-7-11(20)9-13(15)17(27)12-5-3-4-6-14(12)21;/h3-9H,10,22H2,1-2H3;1H. The number of aromatic nitrogens is 3. The maximum Gasteiger partial charge on any atom is 0.293 e. The van der Waals surface area contributed by atoms with Gasteiger partial charge in [-0.2, -0.15) is 0 Å². The van der Waals surface area contributed by atoms with Gasteiger partial charge in [0.05, 0.1) is 17.3 Å². The summed E-state index contributed by atoms with van der Waals surface area (Å²) in [5.74, 6) is -0.388. The summed E-state index contributed by atoms with van der Waals surface area (Å²) in [5.41, 5.74) is 6.78. The van der Waals surface area contributed by atoms with E-state index in [4.69, 9.17) is 28.9 Å². The number of hydrogen-bond acceptors (Lipinski definition) is 5. The van der Waals surface area contributed by atoms with Crippen molar-refractivity contribution in [3.05, 3.63) is 75.3 Å². The molecule has 0 fully saturated rings. The van der Waals surface area contributed by atoms with Crippen LogP contribution in [0.1, 0.15) is 32.4 Å². The van der Waals surface area contributed by atoms with Crippen LogP contribution in [0.5, 0.6) is 0 Å². The van der Waals surface area contributed by atoms with E-state index in [1.165, 1.54) is 15.6 Å². The van der Waals surface area contributed by atoms with Crippen LogP contribution in [0.25, 0.3) is 5.69 Å². The van der Waals surface area contributed by atoms with Crippen molar-refractivity contribution in [2.75, 3.05) is 14.1 Å². The minimum Gasteiger partial charge on any atom is -0.342 e. The molecule has 7 nitrogen and oxygen atoms in total. The summed E-state index contributed by atoms with van der Waals surface area (Å²) < 4.78 is 1.39. The van der Waals surface area contributed by atoms with Gasteiger partial charge in [-0.25, -0.2) is 9.67 Å². The van der Waals surface area contributed by atoms with Crippen LogP contribution < -0.4 is 5.73 Å². The number of amides is 1. The Balaban J connectivity index is 0.00000300. The second-order valence-electron chi connectivity index (χ2n) is 6.14. The maximum atomic E-state index is 13.2. The molecule has 0 bridgehead atoms. The van der Waals surface area contributed by atoms with Crippen LogP contribution >= 0.6 is 40.2 Å². The van der Waals surface area contributed by atoms with Crippen LogP contribution in [-0.2, 0) is 6.54 Å². The van der Waals surface area contributed by atoms with Gasteiger partial charge in [-0.3, -0.25) is 9.59 Å². The zero-order chi connectivity index (χ0) is 20.4. The van der Waals surface area contributed by atoms with Crippen LogP contribution in [0.15, 0.2) is 42.5 Å². The average Bonchev–Trinajstić information content (AvgIpc) is 3.11. The van der Waals surface area contributed by atoms with Crippen LogP contribution in [0.3, 0.4) is 0 Å². The van der Waals surface area contributed by atoms with Crippen molar-refractivity contribution >= 4 is 51.9 Å². The summed E-state index contributed by atoms with van der Waals surface area (Å²) in [5, 5.41) is 4.96. The molecule has 0 saturated heterocycles. The van der Waals surface area contributed by atoms with E-state index in [0.717, 1.165) is 0 Å². The summed E-state index contributed by atoms with van der Waals surface area (Å²) in [6.07, 6.45) is 0. The number of nitrogens with zero attached hydrogens (tertiary/aromatic N) is 4. The third kappa shape index (κ3) is 4.67. The Morgan fingerprint density at radius 3 is 2.41 bits per heavy atom. The molecule has 2 aromatic carbocycles. The smallest absolute Gasteiger partial charge is 0.293 e. The van der Waals surface area contributed by atoms with Gasteiger partial charge in [0.2, 0.25) is 5.82 Å². The van der Waals surface area contributed by atoms with E-state index in [-0.39, 0.29) is 46.6 Å². The number of carbonyl (C=O) groups excluding carboxylic acids is 2. The van der Waals surface area contributed by atoms with Gasteiger partial charge in [-0.05, 0) is 30.3 Å². The number of benzene rings is 2. The highest BCUT2D eigenvalue weighted by Gasteiger charge is 2.23. The Labute approximate surface area is 188 Å². The number of nitrogens with two attached hydrogens (primary N) is 1. The highest BCUT2D eigenvalue weighted by atomic mass is 79.9. The summed E-state index contributed by atoms with van der Waals surface area (Å²) >= 11 is 12.3. The molecule has 0 aliphatic rings. The Bertz CT molecular complexity index is 1070. The molecule has 0 saturated carbocycles. The number of ketones is 1. The quantitative estimate of drug-likeness (QED) is 0.543. The molecule has 152 valence electrons. The lowest BCUT2D eigenvalue weighted by molar-refractivity contribution is 0.0815. The molecule has 1 amide bonds. The fourth-order valence-electron chi connectivity index (χ4n) is 2.63. The van der Waals surface area contributed by atoms with Gasteiger partial charge in [0.15, 0.2) is 5.78 Å². The third-order valence-electron chi connectivity index (χ3n) is 4.00. The average molecular weight is 499 g/mol. The molecule has 0 unspecified atom stereocenters. The van der Waals surface area contributed by atoms with Gasteiger partial charge in [0.25, 0.3) is 5.91 Å². The maximum absolute atomic E-state index is 13.2. The van der Waals surface area contributed by atoms with Gasteiger partial charge in [0.1, 0.15) is 5.82 Å². The Kier molecular flexibility index (Phi) is 7.54.